The molecule has 8 aromatic carbocycles. The quantitative estimate of drug-likeness (QED) is 0.171. The maximum atomic E-state index is 2.40. The largest absolute Gasteiger partial charge is 0.309 e. The van der Waals surface area contributed by atoms with Crippen molar-refractivity contribution in [3.05, 3.63) is 194 Å². The second-order valence-electron chi connectivity index (χ2n) is 12.9. The Morgan fingerprint density at radius 1 is 0.392 bits per heavy atom. The van der Waals surface area contributed by atoms with E-state index in [0.717, 1.165) is 17.1 Å². The second-order valence-corrected chi connectivity index (χ2v) is 14.0. The topological polar surface area (TPSA) is 8.17 Å². The van der Waals surface area contributed by atoms with E-state index >= 15 is 0 Å². The first-order valence-electron chi connectivity index (χ1n) is 17.4. The first-order chi connectivity index (χ1) is 25.3. The highest BCUT2D eigenvalue weighted by Crippen LogP contribution is 2.46. The molecule has 2 nitrogen and oxygen atoms in total. The maximum Gasteiger partial charge on any atom is 0.0640 e. The average Bonchev–Trinajstić information content (AvgIpc) is 3.75. The van der Waals surface area contributed by atoms with E-state index in [1.165, 1.54) is 69.9 Å². The van der Waals surface area contributed by atoms with E-state index in [-0.39, 0.29) is 0 Å². The van der Waals surface area contributed by atoms with Gasteiger partial charge in [0.05, 0.1) is 21.4 Å². The lowest BCUT2D eigenvalue weighted by Gasteiger charge is -2.26. The number of benzene rings is 8. The predicted molar refractivity (Wildman–Crippen MR) is 219 cm³/mol. The van der Waals surface area contributed by atoms with Gasteiger partial charge in [0.1, 0.15) is 0 Å². The van der Waals surface area contributed by atoms with Crippen LogP contribution in [0.4, 0.5) is 17.1 Å². The fraction of sp³-hybridized carbons (Fsp3) is 0. The smallest absolute Gasteiger partial charge is 0.0640 e. The molecule has 10 rings (SSSR count). The van der Waals surface area contributed by atoms with Gasteiger partial charge < -0.3 is 9.47 Å². The molecule has 0 saturated heterocycles. The van der Waals surface area contributed by atoms with Crippen molar-refractivity contribution in [3.8, 4) is 27.9 Å². The molecule has 3 heteroatoms. The van der Waals surface area contributed by atoms with Crippen molar-refractivity contribution in [1.82, 2.24) is 4.57 Å². The van der Waals surface area contributed by atoms with E-state index in [2.05, 4.69) is 204 Å². The standard InChI is InChI=1S/C48H32N2S/c1-4-15-33(16-5-1)42-32-46-43(38-21-10-12-24-44(38)50(46)36-19-8-3-9-20-36)31-41(42)34-27-29-37(30-28-34)49(35-17-6-2-7-18-35)45-25-14-23-40-39-22-11-13-26-47(39)51-48(40)45/h1-32H. The number of rotatable bonds is 6. The minimum Gasteiger partial charge on any atom is -0.309 e. The van der Waals surface area contributed by atoms with Gasteiger partial charge >= 0.3 is 0 Å². The molecule has 240 valence electrons. The van der Waals surface area contributed by atoms with Crippen LogP contribution in [0.3, 0.4) is 0 Å². The van der Waals surface area contributed by atoms with Crippen molar-refractivity contribution in [2.24, 2.45) is 0 Å². The van der Waals surface area contributed by atoms with Gasteiger partial charge in [-0.25, -0.2) is 0 Å². The van der Waals surface area contributed by atoms with Crippen molar-refractivity contribution >= 4 is 70.4 Å². The predicted octanol–water partition coefficient (Wildman–Crippen LogP) is 14.0. The third kappa shape index (κ3) is 4.93. The lowest BCUT2D eigenvalue weighted by Crippen LogP contribution is -2.09. The molecule has 2 aromatic heterocycles. The van der Waals surface area contributed by atoms with Gasteiger partial charge in [0.2, 0.25) is 0 Å². The molecule has 0 radical (unpaired) electrons. The Morgan fingerprint density at radius 2 is 0.980 bits per heavy atom. The van der Waals surface area contributed by atoms with Crippen LogP contribution >= 0.6 is 11.3 Å². The molecule has 0 N–H and O–H groups in total. The number of hydrogen-bond donors (Lipinski definition) is 0. The van der Waals surface area contributed by atoms with Crippen LogP contribution in [0.5, 0.6) is 0 Å². The van der Waals surface area contributed by atoms with Crippen molar-refractivity contribution < 1.29 is 0 Å². The highest BCUT2D eigenvalue weighted by Gasteiger charge is 2.20. The molecule has 10 aromatic rings. The molecule has 0 spiro atoms. The summed E-state index contributed by atoms with van der Waals surface area (Å²) in [5.74, 6) is 0. The number of anilines is 3. The highest BCUT2D eigenvalue weighted by molar-refractivity contribution is 7.26. The molecule has 0 aliphatic rings. The Balaban J connectivity index is 1.17. The Bertz CT molecular complexity index is 2830. The van der Waals surface area contributed by atoms with E-state index in [9.17, 15) is 0 Å². The fourth-order valence-electron chi connectivity index (χ4n) is 7.67. The van der Waals surface area contributed by atoms with Gasteiger partial charge in [-0.3, -0.25) is 0 Å². The summed E-state index contributed by atoms with van der Waals surface area (Å²) in [7, 11) is 0. The Morgan fingerprint density at radius 3 is 1.76 bits per heavy atom. The van der Waals surface area contributed by atoms with Crippen LogP contribution in [-0.2, 0) is 0 Å². The second kappa shape index (κ2) is 12.2. The van der Waals surface area contributed by atoms with Gasteiger partial charge in [-0.1, -0.05) is 127 Å². The molecule has 2 heterocycles. The molecule has 0 atom stereocenters. The van der Waals surface area contributed by atoms with Gasteiger partial charge in [0.25, 0.3) is 0 Å². The number of thiophene rings is 1. The summed E-state index contributed by atoms with van der Waals surface area (Å²) in [5.41, 5.74) is 11.8. The van der Waals surface area contributed by atoms with E-state index in [1.54, 1.807) is 0 Å². The summed E-state index contributed by atoms with van der Waals surface area (Å²) in [4.78, 5) is 2.40. The Kier molecular flexibility index (Phi) is 7.04. The maximum absolute atomic E-state index is 2.40. The number of hydrogen-bond acceptors (Lipinski definition) is 2. The zero-order chi connectivity index (χ0) is 33.7. The molecule has 0 aliphatic carbocycles. The molecule has 51 heavy (non-hydrogen) atoms. The van der Waals surface area contributed by atoms with Gasteiger partial charge in [-0.2, -0.15) is 0 Å². The molecular weight excluding hydrogens is 637 g/mol. The summed E-state index contributed by atoms with van der Waals surface area (Å²) >= 11 is 1.86. The van der Waals surface area contributed by atoms with E-state index in [4.69, 9.17) is 0 Å². The zero-order valence-corrected chi connectivity index (χ0v) is 28.6. The summed E-state index contributed by atoms with van der Waals surface area (Å²) in [6.45, 7) is 0. The van der Waals surface area contributed by atoms with Crippen molar-refractivity contribution in [2.75, 3.05) is 4.90 Å². The van der Waals surface area contributed by atoms with E-state index in [1.807, 2.05) is 11.3 Å². The van der Waals surface area contributed by atoms with Crippen LogP contribution in [0, 0.1) is 0 Å². The molecule has 0 aliphatic heterocycles. The first-order valence-corrected chi connectivity index (χ1v) is 18.2. The van der Waals surface area contributed by atoms with Gasteiger partial charge in [-0.05, 0) is 89.0 Å². The van der Waals surface area contributed by atoms with E-state index < -0.39 is 0 Å². The summed E-state index contributed by atoms with van der Waals surface area (Å²) in [6, 6.07) is 70.3. The average molecular weight is 669 g/mol. The molecule has 0 saturated carbocycles. The molecule has 0 fully saturated rings. The van der Waals surface area contributed by atoms with Gasteiger partial charge in [0.15, 0.2) is 0 Å². The summed E-state index contributed by atoms with van der Waals surface area (Å²) in [6.07, 6.45) is 0. The molecular formula is C48H32N2S. The van der Waals surface area contributed by atoms with Crippen LogP contribution in [-0.4, -0.2) is 4.57 Å². The van der Waals surface area contributed by atoms with Crippen molar-refractivity contribution in [2.45, 2.75) is 0 Å². The number of aromatic nitrogens is 1. The SMILES string of the molecule is c1ccc(-c2cc3c(cc2-c2ccc(N(c4ccccc4)c4cccc5c4sc4ccccc45)cc2)c2ccccc2n3-c2ccccc2)cc1. The van der Waals surface area contributed by atoms with E-state index in [0.29, 0.717) is 0 Å². The van der Waals surface area contributed by atoms with Crippen LogP contribution < -0.4 is 4.90 Å². The summed E-state index contributed by atoms with van der Waals surface area (Å²) in [5, 5.41) is 5.09. The Labute approximate surface area is 300 Å². The van der Waals surface area contributed by atoms with Crippen molar-refractivity contribution in [3.63, 3.8) is 0 Å². The zero-order valence-electron chi connectivity index (χ0n) is 27.8. The minimum atomic E-state index is 1.12. The Hall–Kier alpha value is -6.42. The van der Waals surface area contributed by atoms with Gasteiger partial charge in [-0.15, -0.1) is 11.3 Å². The third-order valence-electron chi connectivity index (χ3n) is 9.99. The molecule has 0 amide bonds. The summed E-state index contributed by atoms with van der Waals surface area (Å²) < 4.78 is 5.00. The highest BCUT2D eigenvalue weighted by atomic mass is 32.1. The first kappa shape index (κ1) is 29.5. The molecule has 0 bridgehead atoms. The number of fused-ring (bicyclic) bond motifs is 6. The minimum absolute atomic E-state index is 1.12. The van der Waals surface area contributed by atoms with Crippen LogP contribution in [0.1, 0.15) is 0 Å². The van der Waals surface area contributed by atoms with Crippen LogP contribution in [0.2, 0.25) is 0 Å². The third-order valence-corrected chi connectivity index (χ3v) is 11.2. The lowest BCUT2D eigenvalue weighted by atomic mass is 9.92. The van der Waals surface area contributed by atoms with Crippen molar-refractivity contribution in [1.29, 1.82) is 0 Å². The van der Waals surface area contributed by atoms with Crippen LogP contribution in [0.25, 0.3) is 69.9 Å². The van der Waals surface area contributed by atoms with Gasteiger partial charge in [0, 0.05) is 43.3 Å². The molecule has 0 unspecified atom stereocenters. The fourth-order valence-corrected chi connectivity index (χ4v) is 8.87. The lowest BCUT2D eigenvalue weighted by molar-refractivity contribution is 1.18. The number of nitrogens with zero attached hydrogens (tertiary/aromatic N) is 2. The normalized spacial score (nSPS) is 11.5. The monoisotopic (exact) mass is 668 g/mol. The van der Waals surface area contributed by atoms with Crippen LogP contribution in [0.15, 0.2) is 194 Å². The number of para-hydroxylation sites is 3.